The van der Waals surface area contributed by atoms with E-state index >= 15 is 0 Å². The normalized spacial score (nSPS) is 20.5. The van der Waals surface area contributed by atoms with Gasteiger partial charge < -0.3 is 4.90 Å². The molecule has 2 amide bonds. The second-order valence-electron chi connectivity index (χ2n) is 7.31. The monoisotopic (exact) mass is 398 g/mol. The number of hydrogen-bond donors (Lipinski definition) is 0. The van der Waals surface area contributed by atoms with Crippen LogP contribution in [0.15, 0.2) is 60.7 Å². The number of para-hydroxylation sites is 1. The lowest BCUT2D eigenvalue weighted by Gasteiger charge is -2.43. The zero-order valence-electron chi connectivity index (χ0n) is 15.5. The van der Waals surface area contributed by atoms with Gasteiger partial charge in [-0.3, -0.25) is 14.5 Å². The van der Waals surface area contributed by atoms with E-state index < -0.39 is 26.4 Å². The lowest BCUT2D eigenvalue weighted by Crippen LogP contribution is -2.57. The number of rotatable bonds is 3. The molecule has 0 aliphatic carbocycles. The Morgan fingerprint density at radius 2 is 1.50 bits per heavy atom. The SMILES string of the molecule is O=C(Cc1ccccc1)N1CCC2(CC1)N(c1ccccc1)C(=O)CS2(=O)=O. The number of likely N-dealkylation sites (tertiary alicyclic amines) is 1. The molecule has 2 aromatic rings. The van der Waals surface area contributed by atoms with Crippen LogP contribution in [-0.2, 0) is 25.8 Å². The lowest BCUT2D eigenvalue weighted by molar-refractivity contribution is -0.131. The Hall–Kier alpha value is -2.67. The summed E-state index contributed by atoms with van der Waals surface area (Å²) in [4.78, 5) is 27.1. The van der Waals surface area contributed by atoms with Crippen molar-refractivity contribution in [3.8, 4) is 0 Å². The van der Waals surface area contributed by atoms with Gasteiger partial charge in [0.25, 0.3) is 0 Å². The molecule has 0 unspecified atom stereocenters. The van der Waals surface area contributed by atoms with E-state index in [0.717, 1.165) is 5.56 Å². The van der Waals surface area contributed by atoms with Gasteiger partial charge >= 0.3 is 0 Å². The van der Waals surface area contributed by atoms with Crippen molar-refractivity contribution in [3.63, 3.8) is 0 Å². The first-order chi connectivity index (χ1) is 13.4. The molecule has 4 rings (SSSR count). The maximum absolute atomic E-state index is 12.9. The average Bonchev–Trinajstić information content (AvgIpc) is 2.88. The van der Waals surface area contributed by atoms with Crippen molar-refractivity contribution >= 4 is 27.3 Å². The van der Waals surface area contributed by atoms with Crippen LogP contribution < -0.4 is 4.90 Å². The van der Waals surface area contributed by atoms with Gasteiger partial charge in [0.1, 0.15) is 5.75 Å². The predicted octanol–water partition coefficient (Wildman–Crippen LogP) is 2.01. The fourth-order valence-electron chi connectivity index (χ4n) is 4.21. The molecule has 7 heteroatoms. The standard InChI is InChI=1S/C21H22N2O4S/c24-19(15-17-7-3-1-4-8-17)22-13-11-21(12-14-22)23(18-9-5-2-6-10-18)20(25)16-28(21,26)27/h1-10H,11-16H2. The number of sulfone groups is 1. The first-order valence-corrected chi connectivity index (χ1v) is 11.0. The molecular formula is C21H22N2O4S. The van der Waals surface area contributed by atoms with Gasteiger partial charge in [-0.05, 0) is 17.7 Å². The van der Waals surface area contributed by atoms with Crippen LogP contribution in [0.2, 0.25) is 0 Å². The molecule has 0 atom stereocenters. The topological polar surface area (TPSA) is 74.8 Å². The average molecular weight is 398 g/mol. The van der Waals surface area contributed by atoms with Gasteiger partial charge in [-0.2, -0.15) is 0 Å². The summed E-state index contributed by atoms with van der Waals surface area (Å²) in [7, 11) is -3.63. The predicted molar refractivity (Wildman–Crippen MR) is 106 cm³/mol. The number of carbonyl (C=O) groups excluding carboxylic acids is 2. The number of carbonyl (C=O) groups is 2. The second kappa shape index (κ2) is 7.05. The Bertz CT molecular complexity index is 982. The van der Waals surface area contributed by atoms with E-state index in [0.29, 0.717) is 25.2 Å². The van der Waals surface area contributed by atoms with Crippen LogP contribution in [0.1, 0.15) is 18.4 Å². The van der Waals surface area contributed by atoms with Crippen LogP contribution in [0.4, 0.5) is 5.69 Å². The van der Waals surface area contributed by atoms with E-state index in [1.165, 1.54) is 4.90 Å². The number of hydrogen-bond acceptors (Lipinski definition) is 4. The van der Waals surface area contributed by atoms with Crippen molar-refractivity contribution in [2.75, 3.05) is 23.7 Å². The van der Waals surface area contributed by atoms with Crippen molar-refractivity contribution in [1.82, 2.24) is 4.90 Å². The van der Waals surface area contributed by atoms with Gasteiger partial charge in [0.2, 0.25) is 11.8 Å². The van der Waals surface area contributed by atoms with E-state index in [2.05, 4.69) is 0 Å². The molecule has 2 aromatic carbocycles. The maximum atomic E-state index is 12.9. The van der Waals surface area contributed by atoms with E-state index in [4.69, 9.17) is 0 Å². The number of nitrogens with zero attached hydrogens (tertiary/aromatic N) is 2. The summed E-state index contributed by atoms with van der Waals surface area (Å²) in [6.45, 7) is 0.642. The third-order valence-corrected chi connectivity index (χ3v) is 8.03. The highest BCUT2D eigenvalue weighted by Gasteiger charge is 2.59. The molecule has 146 valence electrons. The Balaban J connectivity index is 1.55. The van der Waals surface area contributed by atoms with Crippen LogP contribution >= 0.6 is 0 Å². The van der Waals surface area contributed by atoms with Crippen molar-refractivity contribution in [2.45, 2.75) is 24.1 Å². The molecule has 28 heavy (non-hydrogen) atoms. The number of piperidine rings is 1. The minimum Gasteiger partial charge on any atom is -0.342 e. The molecule has 0 saturated carbocycles. The van der Waals surface area contributed by atoms with Gasteiger partial charge in [-0.1, -0.05) is 48.5 Å². The van der Waals surface area contributed by atoms with Crippen molar-refractivity contribution in [3.05, 3.63) is 66.2 Å². The summed E-state index contributed by atoms with van der Waals surface area (Å²) in [6, 6.07) is 18.4. The van der Waals surface area contributed by atoms with E-state index in [9.17, 15) is 18.0 Å². The van der Waals surface area contributed by atoms with Crippen LogP contribution in [0.5, 0.6) is 0 Å². The fraction of sp³-hybridized carbons (Fsp3) is 0.333. The van der Waals surface area contributed by atoms with Crippen LogP contribution in [-0.4, -0.2) is 48.8 Å². The van der Waals surface area contributed by atoms with Crippen molar-refractivity contribution in [2.24, 2.45) is 0 Å². The Morgan fingerprint density at radius 3 is 2.11 bits per heavy atom. The van der Waals surface area contributed by atoms with Gasteiger partial charge in [0.05, 0.1) is 6.42 Å². The quantitative estimate of drug-likeness (QED) is 0.793. The highest BCUT2D eigenvalue weighted by Crippen LogP contribution is 2.42. The van der Waals surface area contributed by atoms with Gasteiger partial charge in [0.15, 0.2) is 14.7 Å². The number of benzene rings is 2. The van der Waals surface area contributed by atoms with E-state index in [-0.39, 0.29) is 18.7 Å². The molecule has 2 heterocycles. The summed E-state index contributed by atoms with van der Waals surface area (Å²) in [5.41, 5.74) is 1.53. The second-order valence-corrected chi connectivity index (χ2v) is 9.59. The van der Waals surface area contributed by atoms with E-state index in [1.807, 2.05) is 36.4 Å². The molecule has 0 N–H and O–H groups in total. The minimum absolute atomic E-state index is 0.0194. The van der Waals surface area contributed by atoms with Crippen molar-refractivity contribution < 1.29 is 18.0 Å². The molecule has 2 fully saturated rings. The minimum atomic E-state index is -3.63. The molecule has 2 saturated heterocycles. The third-order valence-electron chi connectivity index (χ3n) is 5.66. The molecule has 0 radical (unpaired) electrons. The summed E-state index contributed by atoms with van der Waals surface area (Å²) < 4.78 is 25.9. The first kappa shape index (κ1) is 18.7. The molecule has 2 aliphatic rings. The summed E-state index contributed by atoms with van der Waals surface area (Å²) in [5.74, 6) is -0.885. The smallest absolute Gasteiger partial charge is 0.243 e. The van der Waals surface area contributed by atoms with Gasteiger partial charge in [-0.25, -0.2) is 8.42 Å². The molecule has 6 nitrogen and oxygen atoms in total. The van der Waals surface area contributed by atoms with Crippen LogP contribution in [0.25, 0.3) is 0 Å². The highest BCUT2D eigenvalue weighted by molar-refractivity contribution is 7.94. The molecular weight excluding hydrogens is 376 g/mol. The number of amides is 2. The van der Waals surface area contributed by atoms with Crippen LogP contribution in [0.3, 0.4) is 0 Å². The molecule has 1 spiro atoms. The lowest BCUT2D eigenvalue weighted by atomic mass is 10.00. The number of anilines is 1. The fourth-order valence-corrected chi connectivity index (χ4v) is 6.22. The molecule has 2 aliphatic heterocycles. The van der Waals surface area contributed by atoms with Crippen molar-refractivity contribution in [1.29, 1.82) is 0 Å². The Labute approximate surface area is 164 Å². The molecule has 0 aromatic heterocycles. The zero-order valence-corrected chi connectivity index (χ0v) is 16.3. The maximum Gasteiger partial charge on any atom is 0.243 e. The Kier molecular flexibility index (Phi) is 4.71. The molecule has 0 bridgehead atoms. The summed E-state index contributed by atoms with van der Waals surface area (Å²) in [6.07, 6.45) is 0.759. The van der Waals surface area contributed by atoms with Gasteiger partial charge in [-0.15, -0.1) is 0 Å². The summed E-state index contributed by atoms with van der Waals surface area (Å²) in [5, 5.41) is 0. The van der Waals surface area contributed by atoms with Crippen LogP contribution in [0, 0.1) is 0 Å². The van der Waals surface area contributed by atoms with Gasteiger partial charge in [0, 0.05) is 31.6 Å². The zero-order chi connectivity index (χ0) is 19.8. The highest BCUT2D eigenvalue weighted by atomic mass is 32.2. The Morgan fingerprint density at radius 1 is 0.929 bits per heavy atom. The largest absolute Gasteiger partial charge is 0.342 e. The van der Waals surface area contributed by atoms with E-state index in [1.54, 1.807) is 29.2 Å². The summed E-state index contributed by atoms with van der Waals surface area (Å²) >= 11 is 0. The third kappa shape index (κ3) is 3.09. The first-order valence-electron chi connectivity index (χ1n) is 9.35.